The van der Waals surface area contributed by atoms with Gasteiger partial charge in [0.2, 0.25) is 0 Å². The first kappa shape index (κ1) is 87.9. The number of pyridine rings is 6. The number of halogens is 7. The zero-order valence-corrected chi connectivity index (χ0v) is 72.5. The molecule has 19 rings (SSSR count). The van der Waals surface area contributed by atoms with Crippen molar-refractivity contribution in [1.29, 1.82) is 0 Å². The number of hydrogen-bond donors (Lipinski definition) is 0. The van der Waals surface area contributed by atoms with Gasteiger partial charge in [0.15, 0.2) is 0 Å². The average molecular weight is 1690 g/mol. The fourth-order valence-corrected chi connectivity index (χ4v) is 14.6. The first-order valence-electron chi connectivity index (χ1n) is 42.3. The van der Waals surface area contributed by atoms with Crippen molar-refractivity contribution in [2.75, 3.05) is 0 Å². The molecule has 25 heteroatoms. The molecule has 0 N–H and O–H groups in total. The molecule has 0 bridgehead atoms. The van der Waals surface area contributed by atoms with Gasteiger partial charge in [0.1, 0.15) is 0 Å². The highest BCUT2D eigenvalue weighted by molar-refractivity contribution is 5.89. The van der Waals surface area contributed by atoms with E-state index < -0.39 is 19.4 Å². The molecular formula is C100H101F7N18. The molecule has 0 spiro atoms. The maximum absolute atomic E-state index is 12.8. The van der Waals surface area contributed by atoms with Crippen molar-refractivity contribution < 1.29 is 30.7 Å². The van der Waals surface area contributed by atoms with Crippen LogP contribution in [0.15, 0.2) is 256 Å². The Morgan fingerprint density at radius 1 is 0.328 bits per heavy atom. The Morgan fingerprint density at radius 2 is 0.656 bits per heavy atom. The normalized spacial score (nSPS) is 12.3. The van der Waals surface area contributed by atoms with Gasteiger partial charge in [-0.2, -0.15) is 52.8 Å². The molecule has 0 aliphatic heterocycles. The average Bonchev–Trinajstić information content (AvgIpc) is 1.63. The highest BCUT2D eigenvalue weighted by Crippen LogP contribution is 2.39. The lowest BCUT2D eigenvalue weighted by atomic mass is 10.0. The lowest BCUT2D eigenvalue weighted by Crippen LogP contribution is -2.17. The van der Waals surface area contributed by atoms with E-state index in [1.54, 1.807) is 48.9 Å². The van der Waals surface area contributed by atoms with E-state index in [9.17, 15) is 30.7 Å². The van der Waals surface area contributed by atoms with Crippen LogP contribution in [0.25, 0.3) is 133 Å². The molecule has 0 unspecified atom stereocenters. The summed E-state index contributed by atoms with van der Waals surface area (Å²) in [5.41, 5.74) is 23.5. The molecule has 0 atom stereocenters. The summed E-state index contributed by atoms with van der Waals surface area (Å²) in [6.45, 7) is 26.6. The number of aryl methyl sites for hydroxylation is 2. The van der Waals surface area contributed by atoms with E-state index in [0.717, 1.165) is 90.8 Å². The molecule has 125 heavy (non-hydrogen) atoms. The fraction of sp³-hybridized carbons (Fsp3) is 0.280. The number of nitrogens with zero attached hydrogens (tertiary/aromatic N) is 18. The Balaban J connectivity index is 0.000000122. The minimum Gasteiger partial charge on any atom is -0.272 e. The van der Waals surface area contributed by atoms with Crippen LogP contribution in [0.1, 0.15) is 198 Å². The number of fused-ring (bicyclic) bond motifs is 6. The SMILES string of the molecule is CC(C)c1ccnc(-c2ccc3c(cnn3C(F)(F)F)c2)c1.CC(C)c1ccnc(-c2ccc3c(cnn3C(F)F)c2)c1.CC(C)c1ccnc(-c2ccc3c(cnn3C3CC3)c2)c1.CC(C)c1ccnc(-c2ccc3nn(C(F)F)cc3c2)c1.CCn1cc2cc(-c3cc(C(C)C)ccn3)ccc2n1.CCn1ncc2cc(-c3cc(C(C)C)ccn3)ccc21. The summed E-state index contributed by atoms with van der Waals surface area (Å²) < 4.78 is 96.9. The van der Waals surface area contributed by atoms with Gasteiger partial charge >= 0.3 is 19.4 Å². The topological polar surface area (TPSA) is 184 Å². The predicted molar refractivity (Wildman–Crippen MR) is 486 cm³/mol. The quantitative estimate of drug-likeness (QED) is 0.0787. The molecule has 0 saturated heterocycles. The predicted octanol–water partition coefficient (Wildman–Crippen LogP) is 27.0. The lowest BCUT2D eigenvalue weighted by Gasteiger charge is -2.09. The summed E-state index contributed by atoms with van der Waals surface area (Å²) in [7, 11) is 0. The molecule has 0 radical (unpaired) electrons. The third-order valence-corrected chi connectivity index (χ3v) is 22.1. The molecule has 18 nitrogen and oxygen atoms in total. The zero-order chi connectivity index (χ0) is 88.5. The maximum Gasteiger partial charge on any atom is 0.505 e. The van der Waals surface area contributed by atoms with Crippen LogP contribution in [0.2, 0.25) is 0 Å². The smallest absolute Gasteiger partial charge is 0.272 e. The highest BCUT2D eigenvalue weighted by Gasteiger charge is 2.33. The Kier molecular flexibility index (Phi) is 27.1. The molecule has 1 saturated carbocycles. The summed E-state index contributed by atoms with van der Waals surface area (Å²) in [6, 6.07) is 60.2. The largest absolute Gasteiger partial charge is 0.505 e. The summed E-state index contributed by atoms with van der Waals surface area (Å²) >= 11 is 0. The van der Waals surface area contributed by atoms with Crippen LogP contribution < -0.4 is 0 Å². The first-order chi connectivity index (χ1) is 60.0. The van der Waals surface area contributed by atoms with Crippen molar-refractivity contribution in [3.63, 3.8) is 0 Å². The Labute approximate surface area is 722 Å². The van der Waals surface area contributed by atoms with Crippen LogP contribution in [-0.4, -0.2) is 88.6 Å². The van der Waals surface area contributed by atoms with Crippen molar-refractivity contribution >= 4 is 65.4 Å². The number of aromatic nitrogens is 18. The molecule has 0 amide bonds. The van der Waals surface area contributed by atoms with Crippen molar-refractivity contribution in [1.82, 2.24) is 88.6 Å². The van der Waals surface area contributed by atoms with E-state index in [-0.39, 0.29) is 10.2 Å². The van der Waals surface area contributed by atoms with Crippen LogP contribution in [0.3, 0.4) is 0 Å². The minimum absolute atomic E-state index is 0.0382. The van der Waals surface area contributed by atoms with Crippen molar-refractivity contribution in [3.05, 3.63) is 290 Å². The molecule has 1 aliphatic rings. The second-order valence-electron chi connectivity index (χ2n) is 33.0. The van der Waals surface area contributed by atoms with Gasteiger partial charge in [-0.1, -0.05) is 119 Å². The number of benzene rings is 6. The van der Waals surface area contributed by atoms with Gasteiger partial charge in [0, 0.05) is 128 Å². The van der Waals surface area contributed by atoms with Gasteiger partial charge in [-0.3, -0.25) is 43.9 Å². The molecule has 1 fully saturated rings. The van der Waals surface area contributed by atoms with E-state index in [1.807, 2.05) is 94.9 Å². The van der Waals surface area contributed by atoms with Crippen LogP contribution in [0, 0.1) is 0 Å². The first-order valence-corrected chi connectivity index (χ1v) is 42.3. The lowest BCUT2D eigenvalue weighted by molar-refractivity contribution is -0.209. The van der Waals surface area contributed by atoms with Crippen molar-refractivity contribution in [3.8, 4) is 67.5 Å². The van der Waals surface area contributed by atoms with Crippen LogP contribution >= 0.6 is 0 Å². The van der Waals surface area contributed by atoms with E-state index in [1.165, 1.54) is 98.1 Å². The van der Waals surface area contributed by atoms with Gasteiger partial charge in [-0.15, -0.1) is 13.2 Å². The summed E-state index contributed by atoms with van der Waals surface area (Å²) in [4.78, 5) is 26.6. The summed E-state index contributed by atoms with van der Waals surface area (Å²) in [5, 5.41) is 29.8. The minimum atomic E-state index is -4.51. The van der Waals surface area contributed by atoms with Crippen molar-refractivity contribution in [2.45, 2.75) is 184 Å². The van der Waals surface area contributed by atoms with E-state index >= 15 is 0 Å². The maximum atomic E-state index is 12.8. The molecule has 1 aliphatic carbocycles. The monoisotopic (exact) mass is 1690 g/mol. The van der Waals surface area contributed by atoms with Gasteiger partial charge < -0.3 is 0 Å². The van der Waals surface area contributed by atoms with Gasteiger partial charge in [-0.25, -0.2) is 9.36 Å². The summed E-state index contributed by atoms with van der Waals surface area (Å²) in [6.07, 6.45) is 19.0. The fourth-order valence-electron chi connectivity index (χ4n) is 14.6. The van der Waals surface area contributed by atoms with Gasteiger partial charge in [0.05, 0.1) is 98.1 Å². The number of hydrogen-bond acceptors (Lipinski definition) is 12. The number of alkyl halides is 7. The molecule has 12 heterocycles. The molecule has 12 aromatic heterocycles. The van der Waals surface area contributed by atoms with E-state index in [2.05, 4.69) is 259 Å². The Hall–Kier alpha value is -13.5. The highest BCUT2D eigenvalue weighted by atomic mass is 19.4. The zero-order valence-electron chi connectivity index (χ0n) is 72.5. The van der Waals surface area contributed by atoms with Crippen LogP contribution in [0.4, 0.5) is 30.7 Å². The Morgan fingerprint density at radius 3 is 1.03 bits per heavy atom. The molecule has 640 valence electrons. The van der Waals surface area contributed by atoms with E-state index in [0.29, 0.717) is 73.4 Å². The Bertz CT molecular complexity index is 6470. The molecule has 18 aromatic rings. The molecular weight excluding hydrogens is 1590 g/mol. The van der Waals surface area contributed by atoms with Crippen LogP contribution in [0.5, 0.6) is 0 Å². The van der Waals surface area contributed by atoms with Crippen molar-refractivity contribution in [2.24, 2.45) is 0 Å². The standard InChI is InChI=1S/C18H19N3.2C17H19N3.C16H14F3N3.2C16H15F2N3/c1-12(2)13-7-8-19-17(10-13)14-3-6-18-15(9-14)11-20-21(18)16-4-5-16;1-4-20-17-6-5-14(9-15(17)11-19-20)16-10-13(12(2)3)7-8-18-16;1-4-20-11-15-9-14(5-6-16(15)19-20)17-10-13(12(2)3)7-8-18-17;1-10(2)11-5-6-20-14(8-11)12-3-4-15-13(7-12)9-21-22(15)16(17,18)19;1-10(2)11-5-6-19-14(8-11)12-3-4-15-13(7-12)9-20-21(15)16(17)18;1-10(2)11-5-6-19-15(8-11)12-3-4-14-13(7-12)9-21(20-14)16(17)18/h3,6-12,16H,4-5H2,1-2H3;2*5-12H,4H2,1-3H3;3-10H,1-2H3;2*3-10,16H,1-2H3. The second kappa shape index (κ2) is 38.5. The van der Waals surface area contributed by atoms with E-state index in [4.69, 9.17) is 0 Å². The second-order valence-corrected chi connectivity index (χ2v) is 33.0. The van der Waals surface area contributed by atoms with Gasteiger partial charge in [-0.05, 0) is 241 Å². The third-order valence-electron chi connectivity index (χ3n) is 22.1. The third kappa shape index (κ3) is 20.9. The van der Waals surface area contributed by atoms with Gasteiger partial charge in [0.25, 0.3) is 0 Å². The summed E-state index contributed by atoms with van der Waals surface area (Å²) in [5.74, 6) is 2.74. The van der Waals surface area contributed by atoms with Crippen LogP contribution in [-0.2, 0) is 19.4 Å². The number of rotatable bonds is 17. The molecule has 6 aromatic carbocycles.